The lowest BCUT2D eigenvalue weighted by Gasteiger charge is -2.10. The number of rotatable bonds is 4. The number of thioether (sulfide) groups is 1. The lowest BCUT2D eigenvalue weighted by Crippen LogP contribution is -2.18. The normalized spacial score (nSPS) is 19.8. The van der Waals surface area contributed by atoms with Crippen molar-refractivity contribution in [2.75, 3.05) is 6.54 Å². The third-order valence-corrected chi connectivity index (χ3v) is 3.83. The maximum Gasteiger partial charge on any atom is 0.157 e. The molecule has 1 aliphatic rings. The molecule has 0 radical (unpaired) electrons. The molecule has 0 saturated carbocycles. The fraction of sp³-hybridized carbons (Fsp3) is 0.615. The molecule has 4 heteroatoms. The molecular weight excluding hydrogens is 232 g/mol. The highest BCUT2D eigenvalue weighted by molar-refractivity contribution is 8.14. The first-order chi connectivity index (χ1) is 8.13. The number of nitrogens with one attached hydrogen (secondary N) is 1. The minimum absolute atomic E-state index is 0.649. The summed E-state index contributed by atoms with van der Waals surface area (Å²) in [5.41, 5.74) is 0. The first-order valence-corrected chi connectivity index (χ1v) is 7.01. The summed E-state index contributed by atoms with van der Waals surface area (Å²) in [5, 5.41) is 5.04. The molecule has 2 heterocycles. The molecule has 94 valence electrons. The zero-order chi connectivity index (χ0) is 12.3. The van der Waals surface area contributed by atoms with E-state index in [4.69, 9.17) is 4.42 Å². The van der Waals surface area contributed by atoms with Crippen LogP contribution in [-0.4, -0.2) is 17.0 Å². The van der Waals surface area contributed by atoms with E-state index >= 15 is 0 Å². The van der Waals surface area contributed by atoms with Gasteiger partial charge in [-0.15, -0.1) is 0 Å². The Morgan fingerprint density at radius 1 is 1.53 bits per heavy atom. The Bertz CT molecular complexity index is 398. The molecule has 0 spiro atoms. The molecule has 1 aromatic rings. The van der Waals surface area contributed by atoms with Gasteiger partial charge in [0, 0.05) is 5.25 Å². The molecule has 1 N–H and O–H groups in total. The number of aryl methyl sites for hydroxylation is 1. The number of amidine groups is 1. The molecule has 0 aliphatic carbocycles. The molecule has 0 amide bonds. The standard InChI is InChI=1S/C13H20N2OS/c1-9(2)6-12-8-15-13(17-12)14-7-11-5-4-10(3)16-11/h4-5,9,12H,6-8H2,1-3H3,(H,14,15). The zero-order valence-electron chi connectivity index (χ0n) is 10.7. The Hall–Kier alpha value is -0.900. The fourth-order valence-corrected chi connectivity index (χ4v) is 3.16. The van der Waals surface area contributed by atoms with E-state index in [1.165, 1.54) is 6.42 Å². The van der Waals surface area contributed by atoms with E-state index in [0.717, 1.165) is 35.7 Å². The molecule has 1 atom stereocenters. The molecular formula is C13H20N2OS. The maximum atomic E-state index is 5.51. The van der Waals surface area contributed by atoms with Crippen molar-refractivity contribution in [3.8, 4) is 0 Å². The summed E-state index contributed by atoms with van der Waals surface area (Å²) in [6.07, 6.45) is 1.24. The van der Waals surface area contributed by atoms with Gasteiger partial charge in [0.25, 0.3) is 0 Å². The topological polar surface area (TPSA) is 37.5 Å². The zero-order valence-corrected chi connectivity index (χ0v) is 11.5. The summed E-state index contributed by atoms with van der Waals surface area (Å²) >= 11 is 1.86. The van der Waals surface area contributed by atoms with Crippen LogP contribution in [0, 0.1) is 12.8 Å². The van der Waals surface area contributed by atoms with Crippen LogP contribution in [0.25, 0.3) is 0 Å². The molecule has 0 bridgehead atoms. The van der Waals surface area contributed by atoms with Crippen molar-refractivity contribution in [1.82, 2.24) is 5.32 Å². The lowest BCUT2D eigenvalue weighted by molar-refractivity contribution is 0.478. The minimum atomic E-state index is 0.649. The van der Waals surface area contributed by atoms with Gasteiger partial charge >= 0.3 is 0 Å². The summed E-state index contributed by atoms with van der Waals surface area (Å²) in [7, 11) is 0. The summed E-state index contributed by atoms with van der Waals surface area (Å²) in [5.74, 6) is 2.67. The molecule has 2 rings (SSSR count). The van der Waals surface area contributed by atoms with Crippen LogP contribution in [0.1, 0.15) is 31.8 Å². The van der Waals surface area contributed by atoms with Crippen LogP contribution in [0.2, 0.25) is 0 Å². The molecule has 1 aliphatic heterocycles. The number of hydrogen-bond donors (Lipinski definition) is 1. The predicted octanol–water partition coefficient (Wildman–Crippen LogP) is 3.20. The molecule has 0 aromatic carbocycles. The van der Waals surface area contributed by atoms with Crippen molar-refractivity contribution in [1.29, 1.82) is 0 Å². The second-order valence-corrected chi connectivity index (χ2v) is 6.17. The quantitative estimate of drug-likeness (QED) is 0.894. The van der Waals surface area contributed by atoms with Crippen LogP contribution in [0.5, 0.6) is 0 Å². The maximum absolute atomic E-state index is 5.51. The van der Waals surface area contributed by atoms with Crippen molar-refractivity contribution in [3.05, 3.63) is 23.7 Å². The van der Waals surface area contributed by atoms with Gasteiger partial charge in [-0.3, -0.25) is 4.99 Å². The van der Waals surface area contributed by atoms with E-state index in [2.05, 4.69) is 24.2 Å². The highest BCUT2D eigenvalue weighted by Gasteiger charge is 2.20. The van der Waals surface area contributed by atoms with Gasteiger partial charge < -0.3 is 9.73 Å². The Kier molecular flexibility index (Phi) is 4.15. The minimum Gasteiger partial charge on any atom is -0.465 e. The second kappa shape index (κ2) is 5.63. The largest absolute Gasteiger partial charge is 0.465 e. The highest BCUT2D eigenvalue weighted by atomic mass is 32.2. The Balaban J connectivity index is 1.74. The van der Waals surface area contributed by atoms with Gasteiger partial charge in [-0.25, -0.2) is 0 Å². The van der Waals surface area contributed by atoms with Gasteiger partial charge in [0.15, 0.2) is 5.17 Å². The SMILES string of the molecule is Cc1ccc(CNC2=NCC(CC(C)C)S2)o1. The molecule has 1 aromatic heterocycles. The van der Waals surface area contributed by atoms with Gasteiger partial charge in [-0.1, -0.05) is 25.6 Å². The first-order valence-electron chi connectivity index (χ1n) is 6.14. The fourth-order valence-electron chi connectivity index (χ4n) is 1.91. The molecule has 3 nitrogen and oxygen atoms in total. The van der Waals surface area contributed by atoms with Crippen molar-refractivity contribution < 1.29 is 4.42 Å². The van der Waals surface area contributed by atoms with Crippen LogP contribution in [0.15, 0.2) is 21.5 Å². The van der Waals surface area contributed by atoms with E-state index in [1.807, 2.05) is 30.8 Å². The number of nitrogens with zero attached hydrogens (tertiary/aromatic N) is 1. The van der Waals surface area contributed by atoms with Crippen molar-refractivity contribution in [2.45, 2.75) is 39.0 Å². The van der Waals surface area contributed by atoms with Crippen molar-refractivity contribution in [3.63, 3.8) is 0 Å². The van der Waals surface area contributed by atoms with Gasteiger partial charge in [0.1, 0.15) is 11.5 Å². The average molecular weight is 252 g/mol. The van der Waals surface area contributed by atoms with E-state index < -0.39 is 0 Å². The predicted molar refractivity (Wildman–Crippen MR) is 73.4 cm³/mol. The summed E-state index contributed by atoms with van der Waals surface area (Å²) in [6, 6.07) is 4.00. The monoisotopic (exact) mass is 252 g/mol. The highest BCUT2D eigenvalue weighted by Crippen LogP contribution is 2.25. The van der Waals surface area contributed by atoms with E-state index in [9.17, 15) is 0 Å². The van der Waals surface area contributed by atoms with E-state index in [1.54, 1.807) is 0 Å². The third kappa shape index (κ3) is 3.80. The van der Waals surface area contributed by atoms with Gasteiger partial charge in [0.2, 0.25) is 0 Å². The van der Waals surface area contributed by atoms with E-state index in [-0.39, 0.29) is 0 Å². The lowest BCUT2D eigenvalue weighted by atomic mass is 10.1. The summed E-state index contributed by atoms with van der Waals surface area (Å²) < 4.78 is 5.51. The molecule has 17 heavy (non-hydrogen) atoms. The van der Waals surface area contributed by atoms with Crippen LogP contribution < -0.4 is 5.32 Å². The molecule has 1 unspecified atom stereocenters. The Morgan fingerprint density at radius 2 is 2.35 bits per heavy atom. The number of furan rings is 1. The Morgan fingerprint density at radius 3 is 3.00 bits per heavy atom. The number of hydrogen-bond acceptors (Lipinski definition) is 4. The first kappa shape index (κ1) is 12.6. The van der Waals surface area contributed by atoms with Crippen molar-refractivity contribution >= 4 is 16.9 Å². The van der Waals surface area contributed by atoms with Crippen LogP contribution in [-0.2, 0) is 6.54 Å². The summed E-state index contributed by atoms with van der Waals surface area (Å²) in [4.78, 5) is 4.52. The number of aliphatic imine (C=N–C) groups is 1. The Labute approximate surface area is 107 Å². The van der Waals surface area contributed by atoms with Crippen molar-refractivity contribution in [2.24, 2.45) is 10.9 Å². The van der Waals surface area contributed by atoms with Gasteiger partial charge in [-0.2, -0.15) is 0 Å². The smallest absolute Gasteiger partial charge is 0.157 e. The summed E-state index contributed by atoms with van der Waals surface area (Å²) in [6.45, 7) is 8.16. The molecule has 0 fully saturated rings. The van der Waals surface area contributed by atoms with E-state index in [0.29, 0.717) is 5.25 Å². The van der Waals surface area contributed by atoms with Gasteiger partial charge in [0.05, 0.1) is 13.1 Å². The van der Waals surface area contributed by atoms with Gasteiger partial charge in [-0.05, 0) is 31.4 Å². The average Bonchev–Trinajstić information content (AvgIpc) is 2.84. The van der Waals surface area contributed by atoms with Crippen LogP contribution in [0.4, 0.5) is 0 Å². The molecule has 0 saturated heterocycles. The van der Waals surface area contributed by atoms with Crippen LogP contribution in [0.3, 0.4) is 0 Å². The van der Waals surface area contributed by atoms with Crippen LogP contribution >= 0.6 is 11.8 Å². The third-order valence-electron chi connectivity index (χ3n) is 2.66. The second-order valence-electron chi connectivity index (χ2n) is 4.88.